The number of fused-ring (bicyclic) bond motifs is 3. The number of aromatic nitrogens is 1. The molecule has 0 atom stereocenters. The van der Waals surface area contributed by atoms with Crippen molar-refractivity contribution in [3.63, 3.8) is 0 Å². The van der Waals surface area contributed by atoms with Gasteiger partial charge >= 0.3 is 6.03 Å². The van der Waals surface area contributed by atoms with Gasteiger partial charge in [0.05, 0.1) is 54.7 Å². The zero-order valence-electron chi connectivity index (χ0n) is 18.7. The van der Waals surface area contributed by atoms with Gasteiger partial charge in [0, 0.05) is 28.8 Å². The molecule has 0 radical (unpaired) electrons. The number of nitrogens with two attached hydrogens (primary N) is 1. The molecular formula is C23H18F3N5O4S. The number of urea groups is 1. The third-order valence-corrected chi connectivity index (χ3v) is 6.88. The van der Waals surface area contributed by atoms with E-state index < -0.39 is 50.5 Å². The summed E-state index contributed by atoms with van der Waals surface area (Å²) in [6.45, 7) is -0.479. The summed E-state index contributed by atoms with van der Waals surface area (Å²) in [7, 11) is -3.02. The Hall–Kier alpha value is -3.97. The van der Waals surface area contributed by atoms with Crippen LogP contribution in [-0.2, 0) is 23.1 Å². The third-order valence-electron chi connectivity index (χ3n) is 5.99. The number of nitrogens with zero attached hydrogens (tertiary/aromatic N) is 4. The topological polar surface area (TPSA) is 118 Å². The number of anilines is 1. The minimum Gasteiger partial charge on any atom is -0.494 e. The van der Waals surface area contributed by atoms with Crippen LogP contribution in [0.3, 0.4) is 0 Å². The zero-order valence-corrected chi connectivity index (χ0v) is 19.5. The Labute approximate surface area is 203 Å². The second-order valence-electron chi connectivity index (χ2n) is 8.16. The van der Waals surface area contributed by atoms with Crippen molar-refractivity contribution in [1.29, 1.82) is 0 Å². The van der Waals surface area contributed by atoms with Gasteiger partial charge in [0.1, 0.15) is 11.6 Å². The van der Waals surface area contributed by atoms with Gasteiger partial charge in [-0.1, -0.05) is 0 Å². The van der Waals surface area contributed by atoms with E-state index in [0.29, 0.717) is 40.0 Å². The number of halogens is 3. The van der Waals surface area contributed by atoms with E-state index >= 15 is 0 Å². The molecule has 2 amide bonds. The van der Waals surface area contributed by atoms with E-state index in [1.165, 1.54) is 41.5 Å². The number of primary sulfonamides is 1. The van der Waals surface area contributed by atoms with E-state index in [1.54, 1.807) is 6.08 Å². The summed E-state index contributed by atoms with van der Waals surface area (Å²) in [6, 6.07) is 3.24. The van der Waals surface area contributed by atoms with Crippen molar-refractivity contribution in [2.75, 3.05) is 18.6 Å². The van der Waals surface area contributed by atoms with Crippen molar-refractivity contribution < 1.29 is 31.1 Å². The number of hydrogen-bond donors (Lipinski definition) is 1. The van der Waals surface area contributed by atoms with Crippen LogP contribution in [0.1, 0.15) is 11.1 Å². The van der Waals surface area contributed by atoms with Gasteiger partial charge < -0.3 is 9.64 Å². The molecule has 1 aromatic heterocycles. The van der Waals surface area contributed by atoms with Gasteiger partial charge in [0.2, 0.25) is 10.0 Å². The molecule has 186 valence electrons. The maximum atomic E-state index is 14.8. The molecular weight excluding hydrogens is 499 g/mol. The van der Waals surface area contributed by atoms with Crippen LogP contribution in [0.15, 0.2) is 52.1 Å². The molecule has 3 heterocycles. The van der Waals surface area contributed by atoms with Crippen molar-refractivity contribution in [2.45, 2.75) is 18.0 Å². The fourth-order valence-corrected chi connectivity index (χ4v) is 4.76. The van der Waals surface area contributed by atoms with E-state index in [0.717, 1.165) is 0 Å². The highest BCUT2D eigenvalue weighted by Gasteiger charge is 2.35. The number of amides is 2. The first-order chi connectivity index (χ1) is 17.1. The number of rotatable bonds is 5. The number of benzene rings is 2. The van der Waals surface area contributed by atoms with Gasteiger partial charge in [-0.25, -0.2) is 31.5 Å². The van der Waals surface area contributed by atoms with Crippen LogP contribution < -0.4 is 14.8 Å². The van der Waals surface area contributed by atoms with Gasteiger partial charge in [-0.2, -0.15) is 0 Å². The maximum absolute atomic E-state index is 14.8. The second-order valence-corrected chi connectivity index (χ2v) is 9.72. The Balaban J connectivity index is 1.63. The lowest BCUT2D eigenvalue weighted by molar-refractivity contribution is 0.196. The summed E-state index contributed by atoms with van der Waals surface area (Å²) in [5, 5.41) is 5.37. The summed E-state index contributed by atoms with van der Waals surface area (Å²) < 4.78 is 72.3. The van der Waals surface area contributed by atoms with Gasteiger partial charge in [-0.3, -0.25) is 14.9 Å². The Bertz CT molecular complexity index is 1580. The first-order valence-electron chi connectivity index (χ1n) is 10.5. The van der Waals surface area contributed by atoms with E-state index in [1.807, 2.05) is 0 Å². The van der Waals surface area contributed by atoms with E-state index in [9.17, 15) is 26.4 Å². The third kappa shape index (κ3) is 3.95. The maximum Gasteiger partial charge on any atom is 0.329 e. The van der Waals surface area contributed by atoms with Crippen molar-refractivity contribution in [3.05, 3.63) is 70.8 Å². The molecule has 36 heavy (non-hydrogen) atoms. The molecule has 9 nitrogen and oxygen atoms in total. The summed E-state index contributed by atoms with van der Waals surface area (Å²) in [6.07, 6.45) is 4.60. The van der Waals surface area contributed by atoms with Crippen LogP contribution in [0, 0.1) is 17.5 Å². The number of aliphatic imine (C=N–C) groups is 1. The fourth-order valence-electron chi connectivity index (χ4n) is 4.23. The Morgan fingerprint density at radius 2 is 1.83 bits per heavy atom. The monoisotopic (exact) mass is 517 g/mol. The summed E-state index contributed by atoms with van der Waals surface area (Å²) >= 11 is 0. The minimum atomic E-state index is -4.35. The first kappa shape index (κ1) is 23.8. The zero-order chi connectivity index (χ0) is 25.8. The molecule has 0 unspecified atom stereocenters. The molecule has 0 saturated heterocycles. The highest BCUT2D eigenvalue weighted by molar-refractivity contribution is 7.89. The largest absolute Gasteiger partial charge is 0.494 e. The van der Waals surface area contributed by atoms with E-state index in [2.05, 4.69) is 9.98 Å². The highest BCUT2D eigenvalue weighted by Crippen LogP contribution is 2.38. The Morgan fingerprint density at radius 3 is 2.44 bits per heavy atom. The lowest BCUT2D eigenvalue weighted by atomic mass is 10.0. The summed E-state index contributed by atoms with van der Waals surface area (Å²) in [4.78, 5) is 23.7. The smallest absolute Gasteiger partial charge is 0.329 e. The van der Waals surface area contributed by atoms with Crippen LogP contribution >= 0.6 is 0 Å². The highest BCUT2D eigenvalue weighted by atomic mass is 32.2. The average molecular weight is 517 g/mol. The first-order valence-corrected chi connectivity index (χ1v) is 12.1. The second kappa shape index (κ2) is 8.60. The van der Waals surface area contributed by atoms with Gasteiger partial charge in [0.25, 0.3) is 0 Å². The normalized spacial score (nSPS) is 15.5. The van der Waals surface area contributed by atoms with Gasteiger partial charge in [0.15, 0.2) is 11.6 Å². The number of allylic oxidation sites excluding steroid dienone is 1. The molecule has 0 bridgehead atoms. The fraction of sp³-hybridized carbons (Fsp3) is 0.174. The number of methoxy groups -OCH3 is 1. The number of hydrogen-bond acceptors (Lipinski definition) is 6. The molecule has 3 aromatic rings. The average Bonchev–Trinajstić information content (AvgIpc) is 3.35. The van der Waals surface area contributed by atoms with Gasteiger partial charge in [-0.15, -0.1) is 0 Å². The molecule has 2 aromatic carbocycles. The molecule has 13 heteroatoms. The number of sulfonamides is 1. The van der Waals surface area contributed by atoms with Crippen molar-refractivity contribution in [3.8, 4) is 5.75 Å². The molecule has 2 N–H and O–H groups in total. The number of pyridine rings is 1. The van der Waals surface area contributed by atoms with Crippen LogP contribution in [-0.4, -0.2) is 44.2 Å². The van der Waals surface area contributed by atoms with Gasteiger partial charge in [-0.05, 0) is 24.3 Å². The molecule has 0 aliphatic carbocycles. The summed E-state index contributed by atoms with van der Waals surface area (Å²) in [5.74, 6) is -3.01. The lowest BCUT2D eigenvalue weighted by Crippen LogP contribution is -2.47. The molecule has 0 fully saturated rings. The molecule has 5 rings (SSSR count). The molecule has 2 aliphatic rings. The molecule has 0 saturated carbocycles. The minimum absolute atomic E-state index is 0.0125. The quantitative estimate of drug-likeness (QED) is 0.558. The summed E-state index contributed by atoms with van der Waals surface area (Å²) in [5.41, 5.74) is 1.24. The number of carbonyl (C=O) groups is 1. The molecule has 0 spiro atoms. The Morgan fingerprint density at radius 1 is 1.11 bits per heavy atom. The SMILES string of the molecule is COc1cc2ncc3c(c2cc1F)CN(Cc1c(F)cc(S(N)(=O)=O)cc1F)C(=O)N3C1=CC=NC1. The Kier molecular flexibility index (Phi) is 5.68. The van der Waals surface area contributed by atoms with Crippen molar-refractivity contribution >= 4 is 38.9 Å². The predicted molar refractivity (Wildman–Crippen MR) is 125 cm³/mol. The van der Waals surface area contributed by atoms with E-state index in [4.69, 9.17) is 9.88 Å². The number of carbonyl (C=O) groups excluding carboxylic acids is 1. The van der Waals surface area contributed by atoms with Crippen LogP contribution in [0.5, 0.6) is 5.75 Å². The molecule has 2 aliphatic heterocycles. The van der Waals surface area contributed by atoms with Crippen molar-refractivity contribution in [2.24, 2.45) is 10.1 Å². The standard InChI is InChI=1S/C23H18F3N5O4S/c1-35-22-7-20-14(6-19(22)26)15-10-30(11-16-17(24)4-13(5-18(16)25)36(27,33)34)23(32)31(21(15)9-29-20)12-2-3-28-8-12/h2-7,9H,8,10-11H2,1H3,(H2,27,33,34). The number of ether oxygens (including phenoxy) is 1. The van der Waals surface area contributed by atoms with Crippen LogP contribution in [0.25, 0.3) is 10.9 Å². The van der Waals surface area contributed by atoms with E-state index in [-0.39, 0.29) is 18.8 Å². The van der Waals surface area contributed by atoms with Crippen LogP contribution in [0.4, 0.5) is 23.7 Å². The predicted octanol–water partition coefficient (Wildman–Crippen LogP) is 3.22. The van der Waals surface area contributed by atoms with Crippen LogP contribution in [0.2, 0.25) is 0 Å². The van der Waals surface area contributed by atoms with Crippen molar-refractivity contribution in [1.82, 2.24) is 9.88 Å². The lowest BCUT2D eigenvalue weighted by Gasteiger charge is -2.38.